The maximum atomic E-state index is 5.83. The molecule has 0 aromatic heterocycles. The van der Waals surface area contributed by atoms with Gasteiger partial charge >= 0.3 is 0 Å². The van der Waals surface area contributed by atoms with Gasteiger partial charge in [0.2, 0.25) is 0 Å². The van der Waals surface area contributed by atoms with Gasteiger partial charge in [0, 0.05) is 30.5 Å². The monoisotopic (exact) mass is 262 g/mol. The van der Waals surface area contributed by atoms with Crippen molar-refractivity contribution in [2.45, 2.75) is 26.2 Å². The van der Waals surface area contributed by atoms with E-state index in [0.717, 1.165) is 26.3 Å². The van der Waals surface area contributed by atoms with Gasteiger partial charge in [0.25, 0.3) is 0 Å². The van der Waals surface area contributed by atoms with Gasteiger partial charge in [0.15, 0.2) is 0 Å². The smallest absolute Gasteiger partial charge is 0.0569 e. The quantitative estimate of drug-likeness (QED) is 0.822. The molecule has 1 heterocycles. The van der Waals surface area contributed by atoms with Crippen molar-refractivity contribution in [3.63, 3.8) is 0 Å². The minimum atomic E-state index is 0.133. The highest BCUT2D eigenvalue weighted by Crippen LogP contribution is 2.26. The first-order chi connectivity index (χ1) is 8.97. The Morgan fingerprint density at radius 2 is 1.89 bits per heavy atom. The van der Waals surface area contributed by atoms with Crippen LogP contribution in [0.25, 0.3) is 0 Å². The third-order valence-corrected chi connectivity index (χ3v) is 4.15. The fourth-order valence-electron chi connectivity index (χ4n) is 2.43. The number of hydrogen-bond donors (Lipinski definition) is 2. The summed E-state index contributed by atoms with van der Waals surface area (Å²) in [6, 6.07) is 8.81. The van der Waals surface area contributed by atoms with E-state index in [2.05, 4.69) is 50.4 Å². The SMILES string of the molecule is Cc1ccc(C(C)(C)CNCC2(CN)COC2)cc1. The van der Waals surface area contributed by atoms with Crippen LogP contribution >= 0.6 is 0 Å². The van der Waals surface area contributed by atoms with Crippen LogP contribution in [0.3, 0.4) is 0 Å². The second-order valence-corrected chi connectivity index (χ2v) is 6.55. The van der Waals surface area contributed by atoms with E-state index in [1.807, 2.05) is 0 Å². The molecule has 2 rings (SSSR count). The number of nitrogens with one attached hydrogen (secondary N) is 1. The Kier molecular flexibility index (Phi) is 4.29. The highest BCUT2D eigenvalue weighted by molar-refractivity contribution is 5.27. The second kappa shape index (κ2) is 5.61. The number of rotatable bonds is 6. The van der Waals surface area contributed by atoms with Gasteiger partial charge in [-0.2, -0.15) is 0 Å². The molecule has 0 atom stereocenters. The largest absolute Gasteiger partial charge is 0.380 e. The van der Waals surface area contributed by atoms with Crippen molar-refractivity contribution in [1.29, 1.82) is 0 Å². The van der Waals surface area contributed by atoms with E-state index in [1.54, 1.807) is 0 Å². The standard InChI is InChI=1S/C16H26N2O/c1-13-4-6-14(7-5-13)15(2,3)9-18-10-16(8-17)11-19-12-16/h4-7,18H,8-12,17H2,1-3H3. The van der Waals surface area contributed by atoms with Crippen LogP contribution < -0.4 is 11.1 Å². The first-order valence-electron chi connectivity index (χ1n) is 7.03. The fourth-order valence-corrected chi connectivity index (χ4v) is 2.43. The van der Waals surface area contributed by atoms with Crippen LogP contribution in [-0.4, -0.2) is 32.8 Å². The average Bonchev–Trinajstić information content (AvgIpc) is 2.33. The summed E-state index contributed by atoms with van der Waals surface area (Å²) in [7, 11) is 0. The van der Waals surface area contributed by atoms with Crippen LogP contribution in [0.1, 0.15) is 25.0 Å². The summed E-state index contributed by atoms with van der Waals surface area (Å²) in [6.45, 7) is 10.9. The summed E-state index contributed by atoms with van der Waals surface area (Å²) in [5, 5.41) is 3.57. The van der Waals surface area contributed by atoms with E-state index in [1.165, 1.54) is 11.1 Å². The summed E-state index contributed by atoms with van der Waals surface area (Å²) in [5.41, 5.74) is 8.81. The predicted octanol–water partition coefficient (Wildman–Crippen LogP) is 1.84. The minimum Gasteiger partial charge on any atom is -0.380 e. The molecule has 19 heavy (non-hydrogen) atoms. The molecule has 0 amide bonds. The Balaban J connectivity index is 1.88. The van der Waals surface area contributed by atoms with E-state index in [-0.39, 0.29) is 10.8 Å². The van der Waals surface area contributed by atoms with Gasteiger partial charge in [-0.25, -0.2) is 0 Å². The highest BCUT2D eigenvalue weighted by Gasteiger charge is 2.37. The Labute approximate surface area is 116 Å². The predicted molar refractivity (Wildman–Crippen MR) is 79.4 cm³/mol. The van der Waals surface area contributed by atoms with Gasteiger partial charge in [-0.15, -0.1) is 0 Å². The summed E-state index contributed by atoms with van der Waals surface area (Å²) in [6.07, 6.45) is 0. The zero-order chi connectivity index (χ0) is 13.9. The summed E-state index contributed by atoms with van der Waals surface area (Å²) in [4.78, 5) is 0. The van der Waals surface area contributed by atoms with E-state index >= 15 is 0 Å². The molecule has 0 radical (unpaired) electrons. The topological polar surface area (TPSA) is 47.3 Å². The lowest BCUT2D eigenvalue weighted by Crippen LogP contribution is -2.55. The molecular formula is C16H26N2O. The van der Waals surface area contributed by atoms with E-state index in [0.29, 0.717) is 6.54 Å². The molecule has 106 valence electrons. The van der Waals surface area contributed by atoms with Crippen LogP contribution in [0.15, 0.2) is 24.3 Å². The molecule has 0 spiro atoms. The molecule has 0 aliphatic carbocycles. The highest BCUT2D eigenvalue weighted by atomic mass is 16.5. The maximum absolute atomic E-state index is 5.83. The zero-order valence-electron chi connectivity index (χ0n) is 12.3. The lowest BCUT2D eigenvalue weighted by atomic mass is 9.82. The van der Waals surface area contributed by atoms with E-state index in [9.17, 15) is 0 Å². The number of hydrogen-bond acceptors (Lipinski definition) is 3. The number of nitrogens with two attached hydrogens (primary N) is 1. The van der Waals surface area contributed by atoms with Crippen molar-refractivity contribution in [3.8, 4) is 0 Å². The van der Waals surface area contributed by atoms with Crippen LogP contribution in [-0.2, 0) is 10.2 Å². The molecular weight excluding hydrogens is 236 g/mol. The zero-order valence-corrected chi connectivity index (χ0v) is 12.3. The van der Waals surface area contributed by atoms with E-state index in [4.69, 9.17) is 10.5 Å². The normalized spacial score (nSPS) is 18.1. The van der Waals surface area contributed by atoms with Gasteiger partial charge < -0.3 is 15.8 Å². The van der Waals surface area contributed by atoms with Crippen LogP contribution in [0, 0.1) is 12.3 Å². The third kappa shape index (κ3) is 3.35. The molecule has 1 aromatic carbocycles. The van der Waals surface area contributed by atoms with Crippen LogP contribution in [0.4, 0.5) is 0 Å². The number of aryl methyl sites for hydroxylation is 1. The molecule has 1 saturated heterocycles. The van der Waals surface area contributed by atoms with Crippen LogP contribution in [0.2, 0.25) is 0 Å². The molecule has 3 nitrogen and oxygen atoms in total. The Morgan fingerprint density at radius 1 is 1.26 bits per heavy atom. The lowest BCUT2D eigenvalue weighted by molar-refractivity contribution is -0.105. The van der Waals surface area contributed by atoms with Crippen molar-refractivity contribution in [1.82, 2.24) is 5.32 Å². The van der Waals surface area contributed by atoms with Gasteiger partial charge in [0.05, 0.1) is 13.2 Å². The van der Waals surface area contributed by atoms with Crippen molar-refractivity contribution in [3.05, 3.63) is 35.4 Å². The van der Waals surface area contributed by atoms with Crippen LogP contribution in [0.5, 0.6) is 0 Å². The van der Waals surface area contributed by atoms with Crippen molar-refractivity contribution < 1.29 is 4.74 Å². The third-order valence-electron chi connectivity index (χ3n) is 4.15. The van der Waals surface area contributed by atoms with Gasteiger partial charge in [-0.05, 0) is 12.5 Å². The molecule has 0 unspecified atom stereocenters. The molecule has 1 fully saturated rings. The van der Waals surface area contributed by atoms with Gasteiger partial charge in [0.1, 0.15) is 0 Å². The molecule has 1 aliphatic heterocycles. The summed E-state index contributed by atoms with van der Waals surface area (Å²) in [5.74, 6) is 0. The molecule has 0 saturated carbocycles. The lowest BCUT2D eigenvalue weighted by Gasteiger charge is -2.41. The first-order valence-corrected chi connectivity index (χ1v) is 7.03. The van der Waals surface area contributed by atoms with Crippen molar-refractivity contribution in [2.75, 3.05) is 32.8 Å². The molecule has 1 aromatic rings. The number of ether oxygens (including phenoxy) is 1. The summed E-state index contributed by atoms with van der Waals surface area (Å²) >= 11 is 0. The Hall–Kier alpha value is -0.900. The Bertz CT molecular complexity index is 402. The fraction of sp³-hybridized carbons (Fsp3) is 0.625. The van der Waals surface area contributed by atoms with E-state index < -0.39 is 0 Å². The average molecular weight is 262 g/mol. The summed E-state index contributed by atoms with van der Waals surface area (Å²) < 4.78 is 5.29. The van der Waals surface area contributed by atoms with Gasteiger partial charge in [-0.1, -0.05) is 43.7 Å². The first kappa shape index (κ1) is 14.5. The maximum Gasteiger partial charge on any atom is 0.0569 e. The minimum absolute atomic E-state index is 0.133. The molecule has 1 aliphatic rings. The van der Waals surface area contributed by atoms with Crippen molar-refractivity contribution >= 4 is 0 Å². The molecule has 0 bridgehead atoms. The van der Waals surface area contributed by atoms with Gasteiger partial charge in [-0.3, -0.25) is 0 Å². The molecule has 3 N–H and O–H groups in total. The second-order valence-electron chi connectivity index (χ2n) is 6.55. The van der Waals surface area contributed by atoms with Crippen molar-refractivity contribution in [2.24, 2.45) is 11.1 Å². The molecule has 3 heteroatoms. The number of benzene rings is 1. The Morgan fingerprint density at radius 3 is 2.37 bits per heavy atom.